The number of ether oxygens (including phenoxy) is 1. The smallest absolute Gasteiger partial charge is 0.261 e. The van der Waals surface area contributed by atoms with Crippen LogP contribution in [0.4, 0.5) is 0 Å². The van der Waals surface area contributed by atoms with E-state index in [2.05, 4.69) is 15.4 Å². The van der Waals surface area contributed by atoms with Crippen LogP contribution in [0.15, 0.2) is 59.2 Å². The lowest BCUT2D eigenvalue weighted by molar-refractivity contribution is -0.127. The number of aryl methyl sites for hydroxylation is 2. The Kier molecular flexibility index (Phi) is 5.52. The maximum Gasteiger partial charge on any atom is 0.261 e. The van der Waals surface area contributed by atoms with Gasteiger partial charge in [-0.2, -0.15) is 10.1 Å². The van der Waals surface area contributed by atoms with Crippen molar-refractivity contribution in [3.8, 4) is 17.0 Å². The minimum absolute atomic E-state index is 0.241. The fourth-order valence-corrected chi connectivity index (χ4v) is 3.42. The summed E-state index contributed by atoms with van der Waals surface area (Å²) in [7, 11) is 0. The molecule has 0 saturated heterocycles. The van der Waals surface area contributed by atoms with E-state index in [9.17, 15) is 4.79 Å². The number of furan rings is 1. The molecule has 0 aliphatic rings. The molecular weight excluding hydrogens is 380 g/mol. The molecule has 0 aliphatic heterocycles. The number of nitrogens with one attached hydrogen (secondary N) is 1. The second-order valence-corrected chi connectivity index (χ2v) is 7.03. The number of hydrogen-bond donors (Lipinski definition) is 1. The third-order valence-corrected chi connectivity index (χ3v) is 4.92. The summed E-state index contributed by atoms with van der Waals surface area (Å²) in [4.78, 5) is 17.1. The van der Waals surface area contributed by atoms with Gasteiger partial charge in [0.15, 0.2) is 11.8 Å². The van der Waals surface area contributed by atoms with Crippen molar-refractivity contribution in [2.24, 2.45) is 0 Å². The van der Waals surface area contributed by atoms with Crippen molar-refractivity contribution in [3.63, 3.8) is 0 Å². The number of aromatic nitrogens is 3. The number of amides is 1. The molecule has 1 amide bonds. The fraction of sp³-hybridized carbons (Fsp3) is 0.261. The first-order chi connectivity index (χ1) is 14.6. The first-order valence-electron chi connectivity index (χ1n) is 9.97. The molecule has 0 spiro atoms. The van der Waals surface area contributed by atoms with Gasteiger partial charge in [-0.3, -0.25) is 4.79 Å². The zero-order chi connectivity index (χ0) is 21.1. The Balaban J connectivity index is 1.64. The van der Waals surface area contributed by atoms with Crippen LogP contribution >= 0.6 is 0 Å². The molecule has 4 rings (SSSR count). The molecule has 0 radical (unpaired) electrons. The highest BCUT2D eigenvalue weighted by molar-refractivity contribution is 5.95. The van der Waals surface area contributed by atoms with E-state index in [1.54, 1.807) is 19.3 Å². The molecule has 1 atom stereocenters. The van der Waals surface area contributed by atoms with Gasteiger partial charge >= 0.3 is 0 Å². The van der Waals surface area contributed by atoms with Crippen LogP contribution in [0.1, 0.15) is 25.3 Å². The average molecular weight is 404 g/mol. The van der Waals surface area contributed by atoms with E-state index in [-0.39, 0.29) is 5.91 Å². The Hall–Kier alpha value is -3.61. The summed E-state index contributed by atoms with van der Waals surface area (Å²) in [5, 5.41) is 8.42. The lowest BCUT2D eigenvalue weighted by atomic mass is 10.0. The Morgan fingerprint density at radius 1 is 1.23 bits per heavy atom. The molecule has 3 aromatic heterocycles. The minimum Gasteiger partial charge on any atom is -0.467 e. The predicted octanol–water partition coefficient (Wildman–Crippen LogP) is 4.10. The van der Waals surface area contributed by atoms with Crippen molar-refractivity contribution in [1.29, 1.82) is 0 Å². The Morgan fingerprint density at radius 2 is 2.03 bits per heavy atom. The summed E-state index contributed by atoms with van der Waals surface area (Å²) in [6, 6.07) is 15.5. The molecule has 0 saturated carbocycles. The van der Waals surface area contributed by atoms with E-state index in [4.69, 9.17) is 9.15 Å². The highest BCUT2D eigenvalue weighted by Gasteiger charge is 2.20. The number of carbonyl (C=O) groups excluding carboxylic acids is 1. The van der Waals surface area contributed by atoms with Crippen molar-refractivity contribution < 1.29 is 13.9 Å². The Morgan fingerprint density at radius 3 is 2.73 bits per heavy atom. The monoisotopic (exact) mass is 404 g/mol. The molecule has 1 aromatic carbocycles. The van der Waals surface area contributed by atoms with Crippen molar-refractivity contribution in [2.45, 2.75) is 40.0 Å². The predicted molar refractivity (Wildman–Crippen MR) is 114 cm³/mol. The van der Waals surface area contributed by atoms with E-state index in [0.29, 0.717) is 24.7 Å². The quantitative estimate of drug-likeness (QED) is 0.501. The van der Waals surface area contributed by atoms with Crippen LogP contribution in [0, 0.1) is 6.92 Å². The standard InChI is InChI=1S/C23H24N4O3/c1-4-27-22-21(15(2)26-27)19(17-9-6-5-7-10-17)13-20(25-22)30-16(3)23(28)24-14-18-11-8-12-29-18/h5-13,16H,4,14H2,1-3H3,(H,24,28)/t16-/m1/s1. The molecule has 30 heavy (non-hydrogen) atoms. The molecule has 7 nitrogen and oxygen atoms in total. The van der Waals surface area contributed by atoms with Crippen LogP contribution in [0.3, 0.4) is 0 Å². The van der Waals surface area contributed by atoms with Crippen molar-refractivity contribution in [1.82, 2.24) is 20.1 Å². The summed E-state index contributed by atoms with van der Waals surface area (Å²) in [5.74, 6) is 0.829. The average Bonchev–Trinajstić information content (AvgIpc) is 3.40. The number of fused-ring (bicyclic) bond motifs is 1. The molecule has 7 heteroatoms. The van der Waals surface area contributed by atoms with Gasteiger partial charge in [0.05, 0.1) is 23.9 Å². The maximum atomic E-state index is 12.5. The van der Waals surface area contributed by atoms with Gasteiger partial charge in [-0.25, -0.2) is 4.68 Å². The van der Waals surface area contributed by atoms with Gasteiger partial charge in [0, 0.05) is 12.6 Å². The van der Waals surface area contributed by atoms with E-state index in [1.165, 1.54) is 0 Å². The van der Waals surface area contributed by atoms with E-state index in [0.717, 1.165) is 27.9 Å². The number of nitrogens with zero attached hydrogens (tertiary/aromatic N) is 3. The highest BCUT2D eigenvalue weighted by Crippen LogP contribution is 2.33. The molecule has 3 heterocycles. The number of carbonyl (C=O) groups is 1. The lowest BCUT2D eigenvalue weighted by Gasteiger charge is -2.15. The largest absolute Gasteiger partial charge is 0.467 e. The summed E-state index contributed by atoms with van der Waals surface area (Å²) < 4.78 is 13.0. The summed E-state index contributed by atoms with van der Waals surface area (Å²) in [6.07, 6.45) is 0.859. The van der Waals surface area contributed by atoms with Gasteiger partial charge in [-0.15, -0.1) is 0 Å². The van der Waals surface area contributed by atoms with E-state index in [1.807, 2.05) is 61.0 Å². The zero-order valence-electron chi connectivity index (χ0n) is 17.3. The molecule has 0 bridgehead atoms. The van der Waals surface area contributed by atoms with Crippen LogP contribution in [0.2, 0.25) is 0 Å². The normalized spacial score (nSPS) is 12.1. The molecule has 1 N–H and O–H groups in total. The van der Waals surface area contributed by atoms with Crippen molar-refractivity contribution in [3.05, 3.63) is 66.2 Å². The van der Waals surface area contributed by atoms with E-state index >= 15 is 0 Å². The van der Waals surface area contributed by atoms with Crippen LogP contribution in [0.5, 0.6) is 5.88 Å². The van der Waals surface area contributed by atoms with E-state index < -0.39 is 6.10 Å². The lowest BCUT2D eigenvalue weighted by Crippen LogP contribution is -2.36. The number of hydrogen-bond acceptors (Lipinski definition) is 5. The zero-order valence-corrected chi connectivity index (χ0v) is 17.3. The Bertz CT molecular complexity index is 1150. The highest BCUT2D eigenvalue weighted by atomic mass is 16.5. The third-order valence-electron chi connectivity index (χ3n) is 4.92. The SMILES string of the molecule is CCn1nc(C)c2c(-c3ccccc3)cc(O[C@H](C)C(=O)NCc3ccco3)nc21. The summed E-state index contributed by atoms with van der Waals surface area (Å²) in [5.41, 5.74) is 3.68. The van der Waals surface area contributed by atoms with Crippen LogP contribution in [-0.2, 0) is 17.9 Å². The third kappa shape index (κ3) is 3.91. The number of pyridine rings is 1. The van der Waals surface area contributed by atoms with Crippen LogP contribution in [-0.4, -0.2) is 26.8 Å². The van der Waals surface area contributed by atoms with Gasteiger partial charge in [-0.05, 0) is 44.0 Å². The van der Waals surface area contributed by atoms with Gasteiger partial charge in [0.1, 0.15) is 5.76 Å². The molecular formula is C23H24N4O3. The second-order valence-electron chi connectivity index (χ2n) is 7.03. The molecule has 0 fully saturated rings. The van der Waals surface area contributed by atoms with Crippen molar-refractivity contribution >= 4 is 16.9 Å². The molecule has 4 aromatic rings. The minimum atomic E-state index is -0.715. The number of benzene rings is 1. The van der Waals surface area contributed by atoms with Gasteiger partial charge in [0.2, 0.25) is 5.88 Å². The summed E-state index contributed by atoms with van der Waals surface area (Å²) in [6.45, 7) is 6.70. The maximum absolute atomic E-state index is 12.5. The molecule has 0 unspecified atom stereocenters. The van der Waals surface area contributed by atoms with Gasteiger partial charge in [0.25, 0.3) is 5.91 Å². The first kappa shape index (κ1) is 19.7. The first-order valence-corrected chi connectivity index (χ1v) is 9.97. The van der Waals surface area contributed by atoms with Crippen molar-refractivity contribution in [2.75, 3.05) is 0 Å². The van der Waals surface area contributed by atoms with Crippen LogP contribution < -0.4 is 10.1 Å². The Labute approximate surface area is 174 Å². The second kappa shape index (κ2) is 8.41. The molecule has 0 aliphatic carbocycles. The van der Waals surface area contributed by atoms with Gasteiger partial charge in [-0.1, -0.05) is 30.3 Å². The number of rotatable bonds is 7. The molecule has 154 valence electrons. The summed E-state index contributed by atoms with van der Waals surface area (Å²) >= 11 is 0. The fourth-order valence-electron chi connectivity index (χ4n) is 3.42. The van der Waals surface area contributed by atoms with Gasteiger partial charge < -0.3 is 14.5 Å². The van der Waals surface area contributed by atoms with Crippen LogP contribution in [0.25, 0.3) is 22.2 Å². The topological polar surface area (TPSA) is 82.2 Å².